The molecular weight excluding hydrogens is 111 g/mol. The Morgan fingerprint density at radius 3 is 2.25 bits per heavy atom. The summed E-state index contributed by atoms with van der Waals surface area (Å²) in [6.07, 6.45) is 2.23. The van der Waals surface area contributed by atoms with Crippen molar-refractivity contribution in [3.05, 3.63) is 0 Å². The van der Waals surface area contributed by atoms with Gasteiger partial charge in [0, 0.05) is 0 Å². The van der Waals surface area contributed by atoms with E-state index >= 15 is 0 Å². The molecule has 0 radical (unpaired) electrons. The predicted octanol–water partition coefficient (Wildman–Crippen LogP) is -0.431. The van der Waals surface area contributed by atoms with Crippen LogP contribution >= 0.6 is 0 Å². The quantitative estimate of drug-likeness (QED) is 0.501. The Morgan fingerprint density at radius 2 is 2.12 bits per heavy atom. The normalized spacial score (nSPS) is 18.1. The van der Waals surface area contributed by atoms with Gasteiger partial charge < -0.3 is 0 Å². The van der Waals surface area contributed by atoms with E-state index in [0.717, 1.165) is 40.8 Å². The van der Waals surface area contributed by atoms with Crippen molar-refractivity contribution in [2.45, 2.75) is 22.6 Å². The first-order valence-corrected chi connectivity index (χ1v) is 4.11. The van der Waals surface area contributed by atoms with E-state index in [0.29, 0.717) is 6.54 Å². The van der Waals surface area contributed by atoms with E-state index in [2.05, 4.69) is 6.92 Å². The summed E-state index contributed by atoms with van der Waals surface area (Å²) in [5.41, 5.74) is 11.2. The Morgan fingerprint density at radius 1 is 1.62 bits per heavy atom. The molecule has 0 heterocycles. The van der Waals surface area contributed by atoms with Gasteiger partial charge in [-0.3, -0.25) is 0 Å². The summed E-state index contributed by atoms with van der Waals surface area (Å²) in [6, 6.07) is 0. The van der Waals surface area contributed by atoms with Crippen LogP contribution in [0.4, 0.5) is 0 Å². The molecule has 0 bridgehead atoms. The first kappa shape index (κ1) is 8.92. The average molecular weight is 124 g/mol. The number of nitrogens with two attached hydrogens (primary N) is 2. The maximum absolute atomic E-state index is 5.76. The van der Waals surface area contributed by atoms with Gasteiger partial charge in [0.25, 0.3) is 0 Å². The Bertz CT molecular complexity index is 63.4. The van der Waals surface area contributed by atoms with Crippen LogP contribution in [0.25, 0.3) is 0 Å². The third-order valence-corrected chi connectivity index (χ3v) is 2.20. The van der Waals surface area contributed by atoms with Gasteiger partial charge in [-0.05, 0) is 0 Å². The molecule has 0 aliphatic rings. The van der Waals surface area contributed by atoms with E-state index in [1.54, 1.807) is 0 Å². The summed E-state index contributed by atoms with van der Waals surface area (Å²) in [5.74, 6) is 0. The third-order valence-electron chi connectivity index (χ3n) is 1.29. The minimum atomic E-state index is 0.00868. The summed E-state index contributed by atoms with van der Waals surface area (Å²) in [5, 5.41) is 0. The maximum atomic E-state index is 5.76. The summed E-state index contributed by atoms with van der Waals surface area (Å²) < 4.78 is 0.00868. The van der Waals surface area contributed by atoms with Crippen LogP contribution in [-0.2, 0) is 0 Å². The van der Waals surface area contributed by atoms with Crippen LogP contribution in [0, 0.1) is 0 Å². The summed E-state index contributed by atoms with van der Waals surface area (Å²) in [6.45, 7) is 2.78. The van der Waals surface area contributed by atoms with Crippen LogP contribution in [0.3, 0.4) is 0 Å². The fourth-order valence-electron chi connectivity index (χ4n) is 0.673. The van der Waals surface area contributed by atoms with Crippen LogP contribution in [0.1, 0.15) is 19.8 Å². The summed E-state index contributed by atoms with van der Waals surface area (Å²) in [7, 11) is 0. The molecule has 44 valence electrons. The van der Waals surface area contributed by atoms with Crippen molar-refractivity contribution in [1.82, 2.24) is 0 Å². The Hall–Kier alpha value is 0.920. The molecule has 0 aromatic rings. The molecule has 0 aliphatic carbocycles. The SMILES string of the molecule is CCC[C](N)([Na])CN. The Kier molecular flexibility index (Phi) is 4.30. The van der Waals surface area contributed by atoms with Crippen molar-refractivity contribution in [2.24, 2.45) is 11.5 Å². The molecule has 8 heavy (non-hydrogen) atoms. The molecule has 0 saturated carbocycles. The van der Waals surface area contributed by atoms with E-state index in [9.17, 15) is 0 Å². The van der Waals surface area contributed by atoms with Gasteiger partial charge >= 0.3 is 68.5 Å². The van der Waals surface area contributed by atoms with Gasteiger partial charge in [0.15, 0.2) is 0 Å². The first-order valence-electron chi connectivity index (χ1n) is 3.11. The molecule has 1 unspecified atom stereocenters. The number of rotatable bonds is 3. The summed E-state index contributed by atoms with van der Waals surface area (Å²) in [4.78, 5) is 0. The molecule has 0 aromatic heterocycles. The van der Waals surface area contributed by atoms with E-state index in [-0.39, 0.29) is 2.79 Å². The van der Waals surface area contributed by atoms with Gasteiger partial charge in [-0.25, -0.2) is 0 Å². The van der Waals surface area contributed by atoms with Gasteiger partial charge in [0.05, 0.1) is 0 Å². The van der Waals surface area contributed by atoms with Gasteiger partial charge in [-0.1, -0.05) is 0 Å². The monoisotopic (exact) mass is 124 g/mol. The molecule has 0 fully saturated rings. The zero-order chi connectivity index (χ0) is 6.62. The standard InChI is InChI=1S/C5H13N2.Na/c1-2-3-5(7)4-6;/h2-4,6-7H2,1H3;. The second-order valence-corrected chi connectivity index (χ2v) is 4.60. The topological polar surface area (TPSA) is 52.0 Å². The fraction of sp³-hybridized carbons (Fsp3) is 1.00. The first-order chi connectivity index (χ1) is 3.62. The van der Waals surface area contributed by atoms with Crippen LogP contribution in [-0.4, -0.2) is 37.3 Å². The molecule has 1 atom stereocenters. The second-order valence-electron chi connectivity index (χ2n) is 2.61. The van der Waals surface area contributed by atoms with Crippen molar-refractivity contribution in [3.8, 4) is 0 Å². The Balaban J connectivity index is 3.37. The Labute approximate surface area is 68.4 Å². The molecule has 0 saturated heterocycles. The zero-order valence-corrected chi connectivity index (χ0v) is 7.78. The molecule has 4 N–H and O–H groups in total. The van der Waals surface area contributed by atoms with E-state index in [1.807, 2.05) is 0 Å². The fourth-order valence-corrected chi connectivity index (χ4v) is 1.17. The molecule has 0 aliphatic heterocycles. The van der Waals surface area contributed by atoms with Crippen LogP contribution in [0.5, 0.6) is 0 Å². The van der Waals surface area contributed by atoms with Crippen molar-refractivity contribution in [2.75, 3.05) is 6.54 Å². The van der Waals surface area contributed by atoms with Gasteiger partial charge in [0.2, 0.25) is 0 Å². The molecular formula is C5H13N2Na. The van der Waals surface area contributed by atoms with Crippen molar-refractivity contribution >= 4 is 27.9 Å². The summed E-state index contributed by atoms with van der Waals surface area (Å²) >= 11 is 1.01. The third kappa shape index (κ3) is 3.87. The van der Waals surface area contributed by atoms with Gasteiger partial charge in [-0.2, -0.15) is 0 Å². The number of hydrogen-bond donors (Lipinski definition) is 2. The van der Waals surface area contributed by atoms with E-state index < -0.39 is 0 Å². The van der Waals surface area contributed by atoms with E-state index in [4.69, 9.17) is 11.5 Å². The van der Waals surface area contributed by atoms with Crippen molar-refractivity contribution in [3.63, 3.8) is 0 Å². The van der Waals surface area contributed by atoms with Crippen LogP contribution < -0.4 is 11.5 Å². The molecule has 0 rings (SSSR count). The zero-order valence-electron chi connectivity index (χ0n) is 5.78. The predicted molar refractivity (Wildman–Crippen MR) is 36.6 cm³/mol. The van der Waals surface area contributed by atoms with Crippen LogP contribution in [0.2, 0.25) is 0 Å². The molecule has 3 heteroatoms. The molecule has 0 amide bonds. The van der Waals surface area contributed by atoms with Crippen LogP contribution in [0.15, 0.2) is 0 Å². The van der Waals surface area contributed by atoms with E-state index in [1.165, 1.54) is 0 Å². The van der Waals surface area contributed by atoms with Gasteiger partial charge in [-0.15, -0.1) is 0 Å². The van der Waals surface area contributed by atoms with Gasteiger partial charge in [0.1, 0.15) is 0 Å². The molecule has 0 aromatic carbocycles. The average Bonchev–Trinajstić information content (AvgIpc) is 1.67. The van der Waals surface area contributed by atoms with Crippen molar-refractivity contribution < 1.29 is 0 Å². The minimum absolute atomic E-state index is 0.00868. The molecule has 0 spiro atoms. The van der Waals surface area contributed by atoms with Crippen molar-refractivity contribution in [1.29, 1.82) is 0 Å². The molecule has 2 nitrogen and oxygen atoms in total. The number of hydrogen-bond acceptors (Lipinski definition) is 2. The second kappa shape index (κ2) is 3.85.